The zero-order valence-corrected chi connectivity index (χ0v) is 20.0. The molecule has 4 rings (SSSR count). The predicted molar refractivity (Wildman–Crippen MR) is 139 cm³/mol. The number of nitrogens with zero attached hydrogens (tertiary/aromatic N) is 2. The number of nitrogens with one attached hydrogen (secondary N) is 2. The zero-order chi connectivity index (χ0) is 23.0. The third kappa shape index (κ3) is 5.90. The number of pyridine rings is 1. The van der Waals surface area contributed by atoms with Gasteiger partial charge in [0.25, 0.3) is 0 Å². The second-order valence-electron chi connectivity index (χ2n) is 8.10. The van der Waals surface area contributed by atoms with Crippen molar-refractivity contribution in [2.45, 2.75) is 26.3 Å². The fraction of sp³-hybridized carbons (Fsp3) is 0.259. The Morgan fingerprint density at radius 3 is 2.64 bits per heavy atom. The first-order chi connectivity index (χ1) is 16.1. The van der Waals surface area contributed by atoms with Gasteiger partial charge in [-0.25, -0.2) is 0 Å². The van der Waals surface area contributed by atoms with Gasteiger partial charge in [-0.2, -0.15) is 0 Å². The van der Waals surface area contributed by atoms with Crippen LogP contribution in [0.5, 0.6) is 5.75 Å². The fourth-order valence-corrected chi connectivity index (χ4v) is 4.33. The Kier molecular flexibility index (Phi) is 7.58. The monoisotopic (exact) mass is 458 g/mol. The lowest BCUT2D eigenvalue weighted by Crippen LogP contribution is -2.41. The summed E-state index contributed by atoms with van der Waals surface area (Å²) in [4.78, 5) is 10.2. The number of aryl methyl sites for hydroxylation is 1. The van der Waals surface area contributed by atoms with Crippen molar-refractivity contribution in [3.8, 4) is 5.75 Å². The molecule has 0 saturated heterocycles. The first-order valence-electron chi connectivity index (χ1n) is 11.3. The van der Waals surface area contributed by atoms with Gasteiger partial charge in [-0.15, -0.1) is 0 Å². The van der Waals surface area contributed by atoms with E-state index in [1.807, 2.05) is 36.5 Å². The van der Waals surface area contributed by atoms with Crippen LogP contribution >= 0.6 is 12.2 Å². The molecule has 0 radical (unpaired) electrons. The molecule has 2 heterocycles. The Bertz CT molecular complexity index is 1190. The molecule has 0 spiro atoms. The van der Waals surface area contributed by atoms with Gasteiger partial charge in [0.1, 0.15) is 5.75 Å². The number of hydrogen-bond donors (Lipinski definition) is 2. The van der Waals surface area contributed by atoms with Crippen LogP contribution in [-0.4, -0.2) is 40.2 Å². The molecule has 2 aromatic heterocycles. The molecule has 170 valence electrons. The summed E-state index contributed by atoms with van der Waals surface area (Å²) in [6.45, 7) is 4.38. The summed E-state index contributed by atoms with van der Waals surface area (Å²) in [6, 6.07) is 22.6. The van der Waals surface area contributed by atoms with E-state index in [4.69, 9.17) is 17.0 Å². The number of thiocarbonyl (C=S) groups is 1. The Morgan fingerprint density at radius 1 is 1.06 bits per heavy atom. The van der Waals surface area contributed by atoms with Gasteiger partial charge in [0.2, 0.25) is 0 Å². The highest BCUT2D eigenvalue weighted by molar-refractivity contribution is 7.80. The van der Waals surface area contributed by atoms with Crippen molar-refractivity contribution in [3.05, 3.63) is 95.4 Å². The van der Waals surface area contributed by atoms with Crippen molar-refractivity contribution < 1.29 is 4.74 Å². The highest BCUT2D eigenvalue weighted by Crippen LogP contribution is 2.27. The molecular weight excluding hydrogens is 428 g/mol. The predicted octanol–water partition coefficient (Wildman–Crippen LogP) is 5.04. The van der Waals surface area contributed by atoms with Gasteiger partial charge in [0, 0.05) is 35.9 Å². The lowest BCUT2D eigenvalue weighted by molar-refractivity contribution is 0.404. The van der Waals surface area contributed by atoms with Gasteiger partial charge in [0.15, 0.2) is 5.11 Å². The zero-order valence-electron chi connectivity index (χ0n) is 19.2. The van der Waals surface area contributed by atoms with Crippen LogP contribution in [0.2, 0.25) is 0 Å². The molecule has 0 amide bonds. The number of methoxy groups -OCH3 is 1. The molecule has 2 N–H and O–H groups in total. The van der Waals surface area contributed by atoms with Crippen molar-refractivity contribution in [1.82, 2.24) is 20.2 Å². The van der Waals surface area contributed by atoms with E-state index in [1.54, 1.807) is 7.11 Å². The summed E-state index contributed by atoms with van der Waals surface area (Å²) in [7, 11) is 1.70. The van der Waals surface area contributed by atoms with Crippen LogP contribution in [0.15, 0.2) is 72.9 Å². The average molecular weight is 459 g/mol. The molecule has 5 nitrogen and oxygen atoms in total. The van der Waals surface area contributed by atoms with Gasteiger partial charge in [-0.3, -0.25) is 4.98 Å². The Morgan fingerprint density at radius 2 is 1.88 bits per heavy atom. The highest BCUT2D eigenvalue weighted by Gasteiger charge is 2.15. The van der Waals surface area contributed by atoms with Gasteiger partial charge in [-0.05, 0) is 73.4 Å². The standard InChI is InChI=1S/C27H30N4OS/c1-20-24(25-18-23(32-2)11-12-26(25)30-20)14-17-31(19-22-10-6-7-15-28-22)27(33)29-16-13-21-8-4-3-5-9-21/h3-12,15,18,30H,13-14,16-17,19H2,1-2H3,(H,29,33). The third-order valence-corrected chi connectivity index (χ3v) is 6.26. The van der Waals surface area contributed by atoms with E-state index in [0.29, 0.717) is 6.54 Å². The number of benzene rings is 2. The summed E-state index contributed by atoms with van der Waals surface area (Å²) in [5, 5.41) is 5.41. The number of hydrogen-bond acceptors (Lipinski definition) is 3. The van der Waals surface area contributed by atoms with E-state index in [2.05, 4.69) is 63.5 Å². The fourth-order valence-electron chi connectivity index (χ4n) is 4.07. The molecule has 0 fully saturated rings. The number of rotatable bonds is 9. The number of aromatic nitrogens is 2. The van der Waals surface area contributed by atoms with Crippen molar-refractivity contribution >= 4 is 28.2 Å². The van der Waals surface area contributed by atoms with Crippen LogP contribution in [0.25, 0.3) is 10.9 Å². The minimum absolute atomic E-state index is 0.669. The van der Waals surface area contributed by atoms with Gasteiger partial charge in [-0.1, -0.05) is 36.4 Å². The van der Waals surface area contributed by atoms with Gasteiger partial charge >= 0.3 is 0 Å². The molecule has 0 aliphatic rings. The third-order valence-electron chi connectivity index (χ3n) is 5.86. The molecule has 33 heavy (non-hydrogen) atoms. The number of ether oxygens (including phenoxy) is 1. The molecule has 6 heteroatoms. The van der Waals surface area contributed by atoms with E-state index < -0.39 is 0 Å². The van der Waals surface area contributed by atoms with E-state index in [-0.39, 0.29) is 0 Å². The van der Waals surface area contributed by atoms with E-state index >= 15 is 0 Å². The van der Waals surface area contributed by atoms with Gasteiger partial charge < -0.3 is 19.9 Å². The molecule has 0 unspecified atom stereocenters. The van der Waals surface area contributed by atoms with Crippen LogP contribution in [0, 0.1) is 6.92 Å². The van der Waals surface area contributed by atoms with Crippen LogP contribution < -0.4 is 10.1 Å². The van der Waals surface area contributed by atoms with Crippen molar-refractivity contribution in [1.29, 1.82) is 0 Å². The largest absolute Gasteiger partial charge is 0.497 e. The van der Waals surface area contributed by atoms with Gasteiger partial charge in [0.05, 0.1) is 19.3 Å². The summed E-state index contributed by atoms with van der Waals surface area (Å²) in [6.07, 6.45) is 3.63. The smallest absolute Gasteiger partial charge is 0.169 e. The topological polar surface area (TPSA) is 53.2 Å². The van der Waals surface area contributed by atoms with E-state index in [1.165, 1.54) is 22.2 Å². The summed E-state index contributed by atoms with van der Waals surface area (Å²) < 4.78 is 5.45. The maximum absolute atomic E-state index is 5.81. The van der Waals surface area contributed by atoms with Crippen LogP contribution in [-0.2, 0) is 19.4 Å². The van der Waals surface area contributed by atoms with Crippen LogP contribution in [0.1, 0.15) is 22.5 Å². The molecule has 2 aromatic carbocycles. The van der Waals surface area contributed by atoms with Crippen LogP contribution in [0.3, 0.4) is 0 Å². The molecule has 0 aliphatic heterocycles. The Labute approximate surface area is 200 Å². The SMILES string of the molecule is COc1ccc2[nH]c(C)c(CCN(Cc3ccccn3)C(=S)NCCc3ccccc3)c2c1. The summed E-state index contributed by atoms with van der Waals surface area (Å²) in [5.74, 6) is 0.867. The number of fused-ring (bicyclic) bond motifs is 1. The lowest BCUT2D eigenvalue weighted by Gasteiger charge is -2.26. The summed E-state index contributed by atoms with van der Waals surface area (Å²) >= 11 is 5.81. The second kappa shape index (κ2) is 11.0. The minimum atomic E-state index is 0.669. The molecule has 4 aromatic rings. The maximum atomic E-state index is 5.81. The first-order valence-corrected chi connectivity index (χ1v) is 11.7. The lowest BCUT2D eigenvalue weighted by atomic mass is 10.1. The second-order valence-corrected chi connectivity index (χ2v) is 8.49. The molecular formula is C27H30N4OS. The van der Waals surface area contributed by atoms with Crippen molar-refractivity contribution in [2.24, 2.45) is 0 Å². The Balaban J connectivity index is 1.47. The number of aromatic amines is 1. The average Bonchev–Trinajstić information content (AvgIpc) is 3.16. The first kappa shape index (κ1) is 22.8. The quantitative estimate of drug-likeness (QED) is 0.344. The van der Waals surface area contributed by atoms with Crippen molar-refractivity contribution in [2.75, 3.05) is 20.2 Å². The maximum Gasteiger partial charge on any atom is 0.169 e. The Hall–Kier alpha value is -3.38. The van der Waals surface area contributed by atoms with Crippen molar-refractivity contribution in [3.63, 3.8) is 0 Å². The van der Waals surface area contributed by atoms with Crippen LogP contribution in [0.4, 0.5) is 0 Å². The normalized spacial score (nSPS) is 10.8. The van der Waals surface area contributed by atoms with E-state index in [0.717, 1.165) is 48.0 Å². The van der Waals surface area contributed by atoms with E-state index in [9.17, 15) is 0 Å². The molecule has 0 aliphatic carbocycles. The minimum Gasteiger partial charge on any atom is -0.497 e. The molecule has 0 atom stereocenters. The molecule has 0 saturated carbocycles. The highest BCUT2D eigenvalue weighted by atomic mass is 32.1. The number of H-pyrrole nitrogens is 1. The molecule has 0 bridgehead atoms. The summed E-state index contributed by atoms with van der Waals surface area (Å²) in [5.41, 5.74) is 5.90.